The summed E-state index contributed by atoms with van der Waals surface area (Å²) >= 11 is 1.60. The summed E-state index contributed by atoms with van der Waals surface area (Å²) in [5.41, 5.74) is 2.18. The predicted octanol–water partition coefficient (Wildman–Crippen LogP) is 2.98. The van der Waals surface area contributed by atoms with Gasteiger partial charge in [-0.05, 0) is 42.2 Å². The molecule has 0 radical (unpaired) electrons. The minimum Gasteiger partial charge on any atom is -0.339 e. The highest BCUT2D eigenvalue weighted by atomic mass is 32.2. The highest BCUT2D eigenvalue weighted by molar-refractivity contribution is 7.98. The van der Waals surface area contributed by atoms with Crippen molar-refractivity contribution < 1.29 is 13.2 Å². The summed E-state index contributed by atoms with van der Waals surface area (Å²) < 4.78 is 28.4. The highest BCUT2D eigenvalue weighted by Gasteiger charge is 2.31. The largest absolute Gasteiger partial charge is 0.339 e. The summed E-state index contributed by atoms with van der Waals surface area (Å²) in [6.07, 6.45) is 4.22. The SMILES string of the molecule is CSCCC(NS(=O)(=O)c1ccccc1)C(=O)N1CCN(Cc2cccc3cccnc23)CC1. The second kappa shape index (κ2) is 11.3. The molecule has 4 rings (SSSR count). The van der Waals surface area contributed by atoms with Crippen molar-refractivity contribution in [3.05, 3.63) is 72.4 Å². The second-order valence-electron chi connectivity index (χ2n) is 8.36. The number of benzene rings is 2. The molecular formula is C25H30N4O3S2. The molecule has 0 saturated carbocycles. The molecule has 2 aromatic carbocycles. The van der Waals surface area contributed by atoms with Crippen molar-refractivity contribution in [1.29, 1.82) is 0 Å². The molecule has 34 heavy (non-hydrogen) atoms. The van der Waals surface area contributed by atoms with E-state index in [-0.39, 0.29) is 10.8 Å². The van der Waals surface area contributed by atoms with Crippen LogP contribution in [0, 0.1) is 0 Å². The lowest BCUT2D eigenvalue weighted by Crippen LogP contribution is -2.54. The Labute approximate surface area is 205 Å². The van der Waals surface area contributed by atoms with Gasteiger partial charge in [-0.3, -0.25) is 14.7 Å². The average molecular weight is 499 g/mol. The quantitative estimate of drug-likeness (QED) is 0.489. The van der Waals surface area contributed by atoms with Gasteiger partial charge in [0.25, 0.3) is 0 Å². The summed E-state index contributed by atoms with van der Waals surface area (Å²) in [6.45, 7) is 3.37. The Morgan fingerprint density at radius 3 is 2.50 bits per heavy atom. The number of nitrogens with zero attached hydrogens (tertiary/aromatic N) is 3. The monoisotopic (exact) mass is 498 g/mol. The Kier molecular flexibility index (Phi) is 8.20. The first kappa shape index (κ1) is 24.7. The van der Waals surface area contributed by atoms with E-state index in [9.17, 15) is 13.2 Å². The van der Waals surface area contributed by atoms with Crippen molar-refractivity contribution in [2.75, 3.05) is 38.2 Å². The van der Waals surface area contributed by atoms with Crippen LogP contribution in [0.1, 0.15) is 12.0 Å². The predicted molar refractivity (Wildman–Crippen MR) is 137 cm³/mol. The third kappa shape index (κ3) is 5.96. The molecule has 1 aliphatic rings. The lowest BCUT2D eigenvalue weighted by Gasteiger charge is -2.36. The number of thioether (sulfide) groups is 1. The zero-order valence-electron chi connectivity index (χ0n) is 19.3. The number of fused-ring (bicyclic) bond motifs is 1. The van der Waals surface area contributed by atoms with Gasteiger partial charge < -0.3 is 4.90 Å². The molecule has 1 unspecified atom stereocenters. The van der Waals surface area contributed by atoms with Crippen LogP contribution in [0.15, 0.2) is 71.8 Å². The fourth-order valence-corrected chi connectivity index (χ4v) is 5.92. The van der Waals surface area contributed by atoms with Gasteiger partial charge in [0.15, 0.2) is 0 Å². The third-order valence-electron chi connectivity index (χ3n) is 6.05. The smallest absolute Gasteiger partial charge is 0.241 e. The molecule has 1 amide bonds. The van der Waals surface area contributed by atoms with E-state index in [1.165, 1.54) is 5.56 Å². The van der Waals surface area contributed by atoms with Gasteiger partial charge in [-0.25, -0.2) is 8.42 Å². The number of amides is 1. The lowest BCUT2D eigenvalue weighted by atomic mass is 10.1. The molecule has 1 fully saturated rings. The number of hydrogen-bond donors (Lipinski definition) is 1. The Balaban J connectivity index is 1.40. The molecular weight excluding hydrogens is 468 g/mol. The number of pyridine rings is 1. The normalized spacial score (nSPS) is 16.0. The van der Waals surface area contributed by atoms with Gasteiger partial charge in [0.2, 0.25) is 15.9 Å². The van der Waals surface area contributed by atoms with E-state index in [1.807, 2.05) is 24.6 Å². The fourth-order valence-electron chi connectivity index (χ4n) is 4.21. The van der Waals surface area contributed by atoms with E-state index in [0.717, 1.165) is 30.5 Å². The summed E-state index contributed by atoms with van der Waals surface area (Å²) in [7, 11) is -3.77. The van der Waals surface area contributed by atoms with Crippen molar-refractivity contribution in [2.24, 2.45) is 0 Å². The number of nitrogens with one attached hydrogen (secondary N) is 1. The molecule has 0 spiro atoms. The zero-order chi connectivity index (χ0) is 24.0. The molecule has 9 heteroatoms. The molecule has 1 aromatic heterocycles. The average Bonchev–Trinajstić information content (AvgIpc) is 2.87. The van der Waals surface area contributed by atoms with Gasteiger partial charge in [-0.2, -0.15) is 16.5 Å². The van der Waals surface area contributed by atoms with Crippen LogP contribution in [-0.4, -0.2) is 73.3 Å². The number of para-hydroxylation sites is 1. The van der Waals surface area contributed by atoms with Crippen LogP contribution in [0.3, 0.4) is 0 Å². The van der Waals surface area contributed by atoms with Gasteiger partial charge in [0.1, 0.15) is 6.04 Å². The molecule has 1 saturated heterocycles. The number of sulfonamides is 1. The van der Waals surface area contributed by atoms with Crippen LogP contribution in [-0.2, 0) is 21.4 Å². The van der Waals surface area contributed by atoms with Crippen LogP contribution in [0.5, 0.6) is 0 Å². The Morgan fingerprint density at radius 1 is 1.03 bits per heavy atom. The number of hydrogen-bond acceptors (Lipinski definition) is 6. The minimum atomic E-state index is -3.77. The number of piperazine rings is 1. The molecule has 1 N–H and O–H groups in total. The molecule has 180 valence electrons. The molecule has 0 aliphatic carbocycles. The molecule has 3 aromatic rings. The van der Waals surface area contributed by atoms with Gasteiger partial charge >= 0.3 is 0 Å². The highest BCUT2D eigenvalue weighted by Crippen LogP contribution is 2.19. The first-order valence-electron chi connectivity index (χ1n) is 11.4. The van der Waals surface area contributed by atoms with Gasteiger partial charge in [-0.15, -0.1) is 0 Å². The van der Waals surface area contributed by atoms with E-state index in [1.54, 1.807) is 47.0 Å². The first-order valence-corrected chi connectivity index (χ1v) is 14.3. The molecule has 1 atom stereocenters. The minimum absolute atomic E-state index is 0.153. The van der Waals surface area contributed by atoms with Crippen LogP contribution >= 0.6 is 11.8 Å². The van der Waals surface area contributed by atoms with Crippen LogP contribution < -0.4 is 4.72 Å². The van der Waals surface area contributed by atoms with E-state index in [4.69, 9.17) is 0 Å². The fraction of sp³-hybridized carbons (Fsp3) is 0.360. The van der Waals surface area contributed by atoms with E-state index >= 15 is 0 Å². The zero-order valence-corrected chi connectivity index (χ0v) is 20.9. The summed E-state index contributed by atoms with van der Waals surface area (Å²) in [5.74, 6) is 0.543. The third-order valence-corrected chi connectivity index (χ3v) is 8.19. The van der Waals surface area contributed by atoms with Crippen molar-refractivity contribution in [3.8, 4) is 0 Å². The Morgan fingerprint density at radius 2 is 1.76 bits per heavy atom. The van der Waals surface area contributed by atoms with Crippen molar-refractivity contribution in [2.45, 2.75) is 23.9 Å². The number of rotatable bonds is 9. The standard InChI is InChI=1S/C25H30N4O3S2/c1-33-18-12-23(27-34(31,32)22-10-3-2-4-11-22)25(30)29-16-14-28(15-17-29)19-21-8-5-7-20-9-6-13-26-24(20)21/h2-11,13,23,27H,12,14-19H2,1H3. The van der Waals surface area contributed by atoms with Crippen LogP contribution in [0.25, 0.3) is 10.9 Å². The lowest BCUT2D eigenvalue weighted by molar-refractivity contribution is -0.134. The van der Waals surface area contributed by atoms with Crippen LogP contribution in [0.4, 0.5) is 0 Å². The molecule has 2 heterocycles. The maximum absolute atomic E-state index is 13.3. The second-order valence-corrected chi connectivity index (χ2v) is 11.1. The maximum Gasteiger partial charge on any atom is 0.241 e. The van der Waals surface area contributed by atoms with E-state index in [0.29, 0.717) is 25.3 Å². The number of carbonyl (C=O) groups excluding carboxylic acids is 1. The number of aromatic nitrogens is 1. The molecule has 0 bridgehead atoms. The molecule has 7 nitrogen and oxygen atoms in total. The topological polar surface area (TPSA) is 82.6 Å². The Hall–Kier alpha value is -2.46. The summed E-state index contributed by atoms with van der Waals surface area (Å²) in [5, 5.41) is 1.12. The van der Waals surface area contributed by atoms with Crippen molar-refractivity contribution in [3.63, 3.8) is 0 Å². The van der Waals surface area contributed by atoms with E-state index in [2.05, 4.69) is 32.8 Å². The van der Waals surface area contributed by atoms with Gasteiger partial charge in [0.05, 0.1) is 10.4 Å². The van der Waals surface area contributed by atoms with Gasteiger partial charge in [-0.1, -0.05) is 42.5 Å². The summed E-state index contributed by atoms with van der Waals surface area (Å²) in [4.78, 5) is 22.1. The van der Waals surface area contributed by atoms with E-state index < -0.39 is 16.1 Å². The maximum atomic E-state index is 13.3. The van der Waals surface area contributed by atoms with Crippen molar-refractivity contribution in [1.82, 2.24) is 19.5 Å². The molecule has 1 aliphatic heterocycles. The van der Waals surface area contributed by atoms with Crippen molar-refractivity contribution >= 4 is 38.6 Å². The Bertz CT molecular complexity index is 1210. The van der Waals surface area contributed by atoms with Crippen LogP contribution in [0.2, 0.25) is 0 Å². The number of carbonyl (C=O) groups is 1. The van der Waals surface area contributed by atoms with Gasteiger partial charge in [0, 0.05) is 44.3 Å². The summed E-state index contributed by atoms with van der Waals surface area (Å²) in [6, 6.07) is 17.7. The first-order chi connectivity index (χ1) is 16.5.